The van der Waals surface area contributed by atoms with E-state index in [1.807, 2.05) is 0 Å². The maximum absolute atomic E-state index is 12.3. The largest absolute Gasteiger partial charge is 0.389 e. The fourth-order valence-corrected chi connectivity index (χ4v) is 2.84. The third-order valence-corrected chi connectivity index (χ3v) is 4.74. The first-order valence-electron chi connectivity index (χ1n) is 5.61. The first-order chi connectivity index (χ1) is 9.41. The van der Waals surface area contributed by atoms with Crippen molar-refractivity contribution in [2.24, 2.45) is 5.73 Å². The molecule has 106 valence electrons. The van der Waals surface area contributed by atoms with Crippen molar-refractivity contribution in [3.8, 4) is 0 Å². The minimum atomic E-state index is -3.60. The van der Waals surface area contributed by atoms with Gasteiger partial charge in [0.05, 0.1) is 11.4 Å². The zero-order chi connectivity index (χ0) is 14.8. The molecule has 7 nitrogen and oxygen atoms in total. The number of hydrogen-bond acceptors (Lipinski definition) is 5. The zero-order valence-corrected chi connectivity index (χ0v) is 12.3. The van der Waals surface area contributed by atoms with Crippen molar-refractivity contribution < 1.29 is 8.42 Å². The molecule has 0 spiro atoms. The lowest BCUT2D eigenvalue weighted by Gasteiger charge is -2.15. The second-order valence-electron chi connectivity index (χ2n) is 4.08. The van der Waals surface area contributed by atoms with Crippen LogP contribution in [0.1, 0.15) is 11.4 Å². The van der Waals surface area contributed by atoms with E-state index >= 15 is 0 Å². The molecule has 2 rings (SSSR count). The van der Waals surface area contributed by atoms with Crippen molar-refractivity contribution in [2.45, 2.75) is 11.4 Å². The van der Waals surface area contributed by atoms with E-state index in [0.29, 0.717) is 11.4 Å². The van der Waals surface area contributed by atoms with Crippen LogP contribution in [0.4, 0.5) is 0 Å². The lowest BCUT2D eigenvalue weighted by molar-refractivity contribution is 0.457. The number of benzene rings is 1. The van der Waals surface area contributed by atoms with Crippen molar-refractivity contribution in [3.05, 3.63) is 42.0 Å². The Labute approximate surface area is 121 Å². The second kappa shape index (κ2) is 5.65. The molecule has 0 aliphatic carbocycles. The van der Waals surface area contributed by atoms with Gasteiger partial charge in [-0.05, 0) is 12.1 Å². The predicted molar refractivity (Wildman–Crippen MR) is 77.4 cm³/mol. The number of sulfonamides is 1. The molecule has 0 bridgehead atoms. The van der Waals surface area contributed by atoms with Gasteiger partial charge < -0.3 is 5.73 Å². The molecule has 3 N–H and O–H groups in total. The molecule has 0 saturated carbocycles. The first-order valence-corrected chi connectivity index (χ1v) is 7.46. The lowest BCUT2D eigenvalue weighted by Crippen LogP contribution is -2.27. The molecule has 1 heterocycles. The number of thiocarbonyl (C=S) groups is 1. The van der Waals surface area contributed by atoms with Crippen LogP contribution in [0, 0.1) is 0 Å². The van der Waals surface area contributed by atoms with Crippen LogP contribution in [0.15, 0.2) is 35.5 Å². The van der Waals surface area contributed by atoms with E-state index in [9.17, 15) is 8.42 Å². The number of aromatic nitrogens is 3. The summed E-state index contributed by atoms with van der Waals surface area (Å²) in [5.74, 6) is 0.468. The fraction of sp³-hybridized carbons (Fsp3) is 0.182. The molecule has 0 radical (unpaired) electrons. The molecule has 0 atom stereocenters. The molecule has 0 aliphatic heterocycles. The first kappa shape index (κ1) is 14.6. The number of hydrogen-bond donors (Lipinski definition) is 2. The van der Waals surface area contributed by atoms with Crippen LogP contribution >= 0.6 is 12.2 Å². The number of nitrogens with two attached hydrogens (primary N) is 1. The summed E-state index contributed by atoms with van der Waals surface area (Å²) in [6, 6.07) is 6.11. The summed E-state index contributed by atoms with van der Waals surface area (Å²) in [4.78, 5) is 4.29. The molecular formula is C11H13N5O2S2. The molecule has 0 aliphatic rings. The molecular weight excluding hydrogens is 298 g/mol. The van der Waals surface area contributed by atoms with E-state index in [2.05, 4.69) is 15.2 Å². The van der Waals surface area contributed by atoms with Crippen LogP contribution in [-0.2, 0) is 16.6 Å². The van der Waals surface area contributed by atoms with Gasteiger partial charge >= 0.3 is 0 Å². The summed E-state index contributed by atoms with van der Waals surface area (Å²) in [7, 11) is -2.12. The molecule has 1 aromatic heterocycles. The average Bonchev–Trinajstić information content (AvgIpc) is 2.91. The summed E-state index contributed by atoms with van der Waals surface area (Å²) in [6.45, 7) is 0.111. The topological polar surface area (TPSA) is 105 Å². The Morgan fingerprint density at radius 1 is 1.40 bits per heavy atom. The fourth-order valence-electron chi connectivity index (χ4n) is 1.57. The maximum atomic E-state index is 12.3. The minimum Gasteiger partial charge on any atom is -0.389 e. The highest BCUT2D eigenvalue weighted by molar-refractivity contribution is 7.89. The van der Waals surface area contributed by atoms with Crippen molar-refractivity contribution in [1.29, 1.82) is 0 Å². The van der Waals surface area contributed by atoms with Crippen LogP contribution < -0.4 is 5.73 Å². The van der Waals surface area contributed by atoms with Gasteiger partial charge in [0.25, 0.3) is 0 Å². The summed E-state index contributed by atoms with van der Waals surface area (Å²) in [6.07, 6.45) is 1.33. The number of nitrogens with zero attached hydrogens (tertiary/aromatic N) is 3. The Hall–Kier alpha value is -1.84. The third kappa shape index (κ3) is 3.00. The molecule has 0 fully saturated rings. The van der Waals surface area contributed by atoms with Gasteiger partial charge in [-0.2, -0.15) is 9.40 Å². The van der Waals surface area contributed by atoms with Crippen LogP contribution in [0.25, 0.3) is 0 Å². The van der Waals surface area contributed by atoms with Crippen LogP contribution in [-0.4, -0.2) is 39.9 Å². The molecule has 2 aromatic rings. The number of nitrogens with one attached hydrogen (secondary N) is 1. The van der Waals surface area contributed by atoms with Gasteiger partial charge in [0.2, 0.25) is 10.0 Å². The number of H-pyrrole nitrogens is 1. The summed E-state index contributed by atoms with van der Waals surface area (Å²) in [5.41, 5.74) is 6.10. The van der Waals surface area contributed by atoms with Crippen molar-refractivity contribution in [3.63, 3.8) is 0 Å². The van der Waals surface area contributed by atoms with Gasteiger partial charge in [0.1, 0.15) is 17.1 Å². The van der Waals surface area contributed by atoms with Gasteiger partial charge in [0, 0.05) is 12.6 Å². The SMILES string of the molecule is CN(Cc1ncn[nH]1)S(=O)(=O)c1ccc(C(N)=S)cc1. The lowest BCUT2D eigenvalue weighted by atomic mass is 10.2. The highest BCUT2D eigenvalue weighted by atomic mass is 32.2. The van der Waals surface area contributed by atoms with E-state index in [1.54, 1.807) is 12.1 Å². The van der Waals surface area contributed by atoms with E-state index in [-0.39, 0.29) is 16.4 Å². The normalized spacial score (nSPS) is 11.7. The Morgan fingerprint density at radius 2 is 2.05 bits per heavy atom. The molecule has 1 aromatic carbocycles. The summed E-state index contributed by atoms with van der Waals surface area (Å²) >= 11 is 4.83. The van der Waals surface area contributed by atoms with Crippen molar-refractivity contribution in [2.75, 3.05) is 7.05 Å². The van der Waals surface area contributed by atoms with E-state index < -0.39 is 10.0 Å². The average molecular weight is 311 g/mol. The van der Waals surface area contributed by atoms with Crippen molar-refractivity contribution >= 4 is 27.2 Å². The predicted octanol–water partition coefficient (Wildman–Crippen LogP) is 0.260. The van der Waals surface area contributed by atoms with Crippen LogP contribution in [0.5, 0.6) is 0 Å². The van der Waals surface area contributed by atoms with Gasteiger partial charge in [-0.15, -0.1) is 0 Å². The monoisotopic (exact) mass is 311 g/mol. The standard InChI is InChI=1S/C11H13N5O2S2/c1-16(6-10-13-7-14-15-10)20(17,18)9-4-2-8(3-5-9)11(12)19/h2-5,7H,6H2,1H3,(H2,12,19)(H,13,14,15). The Morgan fingerprint density at radius 3 is 2.55 bits per heavy atom. The van der Waals surface area contributed by atoms with Gasteiger partial charge in [0.15, 0.2) is 0 Å². The second-order valence-corrected chi connectivity index (χ2v) is 6.57. The summed E-state index contributed by atoms with van der Waals surface area (Å²) in [5, 5.41) is 6.29. The van der Waals surface area contributed by atoms with E-state index in [1.165, 1.54) is 29.8 Å². The van der Waals surface area contributed by atoms with E-state index in [4.69, 9.17) is 18.0 Å². The zero-order valence-electron chi connectivity index (χ0n) is 10.6. The number of aromatic amines is 1. The van der Waals surface area contributed by atoms with Crippen molar-refractivity contribution in [1.82, 2.24) is 19.5 Å². The van der Waals surface area contributed by atoms with Gasteiger partial charge in [-0.25, -0.2) is 13.4 Å². The Kier molecular flexibility index (Phi) is 4.12. The molecule has 9 heteroatoms. The van der Waals surface area contributed by atoms with Gasteiger partial charge in [-0.3, -0.25) is 5.10 Å². The molecule has 20 heavy (non-hydrogen) atoms. The van der Waals surface area contributed by atoms with E-state index in [0.717, 1.165) is 0 Å². The van der Waals surface area contributed by atoms with Gasteiger partial charge in [-0.1, -0.05) is 24.4 Å². The quantitative estimate of drug-likeness (QED) is 0.767. The highest BCUT2D eigenvalue weighted by Crippen LogP contribution is 2.16. The number of rotatable bonds is 5. The van der Waals surface area contributed by atoms with Crippen LogP contribution in [0.3, 0.4) is 0 Å². The summed E-state index contributed by atoms with van der Waals surface area (Å²) < 4.78 is 25.9. The smallest absolute Gasteiger partial charge is 0.243 e. The van der Waals surface area contributed by atoms with Crippen LogP contribution in [0.2, 0.25) is 0 Å². The maximum Gasteiger partial charge on any atom is 0.243 e. The highest BCUT2D eigenvalue weighted by Gasteiger charge is 2.21. The molecule has 0 unspecified atom stereocenters. The third-order valence-electron chi connectivity index (χ3n) is 2.68. The molecule has 0 saturated heterocycles. The molecule has 0 amide bonds. The Bertz CT molecular complexity index is 695. The minimum absolute atomic E-state index is 0.111. The Balaban J connectivity index is 2.23.